The third-order valence-electron chi connectivity index (χ3n) is 3.59. The van der Waals surface area contributed by atoms with E-state index in [1.807, 2.05) is 45.9 Å². The molecule has 146 valence electrons. The van der Waals surface area contributed by atoms with E-state index < -0.39 is 30.5 Å². The molecule has 0 heterocycles. The summed E-state index contributed by atoms with van der Waals surface area (Å²) in [6.45, 7) is 7.41. The third-order valence-corrected chi connectivity index (χ3v) is 3.59. The summed E-state index contributed by atoms with van der Waals surface area (Å²) in [5.41, 5.74) is 12.2. The van der Waals surface area contributed by atoms with Gasteiger partial charge in [0.05, 0.1) is 6.42 Å². The lowest BCUT2D eigenvalue weighted by Crippen LogP contribution is -2.37. The molecule has 0 unspecified atom stereocenters. The topological polar surface area (TPSA) is 122 Å². The van der Waals surface area contributed by atoms with Crippen LogP contribution in [0.4, 0.5) is 0 Å². The second kappa shape index (κ2) is 10.8. The molecule has 0 spiro atoms. The molecule has 1 aromatic carbocycles. The maximum Gasteiger partial charge on any atom is 0.349 e. The number of halogens is 1. The van der Waals surface area contributed by atoms with Crippen molar-refractivity contribution in [3.63, 3.8) is 0 Å². The van der Waals surface area contributed by atoms with Gasteiger partial charge in [-0.1, -0.05) is 45.9 Å². The Bertz CT molecular complexity index is 620. The van der Waals surface area contributed by atoms with E-state index in [9.17, 15) is 14.4 Å². The number of esters is 2. The number of nitrogens with two attached hydrogens (primary N) is 2. The first-order valence-corrected chi connectivity index (χ1v) is 8.17. The summed E-state index contributed by atoms with van der Waals surface area (Å²) in [5.74, 6) is -1.50. The summed E-state index contributed by atoms with van der Waals surface area (Å²) >= 11 is 0. The number of primary amides is 1. The van der Waals surface area contributed by atoms with Crippen LogP contribution in [0.25, 0.3) is 0 Å². The highest BCUT2D eigenvalue weighted by atomic mass is 35.5. The van der Waals surface area contributed by atoms with Gasteiger partial charge in [0, 0.05) is 0 Å². The third kappa shape index (κ3) is 7.01. The summed E-state index contributed by atoms with van der Waals surface area (Å²) in [7, 11) is 0. The van der Waals surface area contributed by atoms with Crippen molar-refractivity contribution in [1.82, 2.24) is 0 Å². The standard InChI is InChI=1S/C18H26N2O5.ClH/c1-10(2)12-6-5-7-13(11(3)4)17(12)25-16(22)9-24-18(23)14(19)8-15(20)21;/h5-7,10-11,14H,8-9,19H2,1-4H3,(H2,20,21);1H/t14-;/m1./s1. The number of carbonyl (C=O) groups excluding carboxylic acids is 3. The molecule has 1 rings (SSSR count). The van der Waals surface area contributed by atoms with Crippen LogP contribution in [0.3, 0.4) is 0 Å². The van der Waals surface area contributed by atoms with Gasteiger partial charge in [0.15, 0.2) is 6.61 Å². The van der Waals surface area contributed by atoms with Crippen LogP contribution in [0, 0.1) is 0 Å². The monoisotopic (exact) mass is 386 g/mol. The summed E-state index contributed by atoms with van der Waals surface area (Å²) in [6.07, 6.45) is -0.346. The van der Waals surface area contributed by atoms with Gasteiger partial charge < -0.3 is 20.9 Å². The van der Waals surface area contributed by atoms with Gasteiger partial charge in [-0.2, -0.15) is 0 Å². The van der Waals surface area contributed by atoms with Crippen LogP contribution < -0.4 is 16.2 Å². The molecule has 7 nitrogen and oxygen atoms in total. The second-order valence-electron chi connectivity index (χ2n) is 6.43. The van der Waals surface area contributed by atoms with Crippen molar-refractivity contribution in [2.45, 2.75) is 52.0 Å². The number of ether oxygens (including phenoxy) is 2. The first kappa shape index (κ1) is 23.9. The highest BCUT2D eigenvalue weighted by Gasteiger charge is 2.21. The van der Waals surface area contributed by atoms with E-state index in [1.54, 1.807) is 0 Å². The molecule has 0 aliphatic carbocycles. The predicted molar refractivity (Wildman–Crippen MR) is 100 cm³/mol. The Morgan fingerprint density at radius 1 is 1.04 bits per heavy atom. The van der Waals surface area contributed by atoms with Crippen LogP contribution in [0.5, 0.6) is 5.75 Å². The first-order valence-electron chi connectivity index (χ1n) is 8.17. The van der Waals surface area contributed by atoms with Crippen molar-refractivity contribution in [3.05, 3.63) is 29.3 Å². The van der Waals surface area contributed by atoms with E-state index in [0.29, 0.717) is 5.75 Å². The SMILES string of the molecule is CC(C)c1cccc(C(C)C)c1OC(=O)COC(=O)[C@H](N)CC(N)=O.Cl. The van der Waals surface area contributed by atoms with Gasteiger partial charge in [0.25, 0.3) is 0 Å². The summed E-state index contributed by atoms with van der Waals surface area (Å²) in [5, 5.41) is 0. The Labute approximate surface area is 159 Å². The molecule has 0 saturated carbocycles. The molecule has 26 heavy (non-hydrogen) atoms. The molecule has 0 fully saturated rings. The molecule has 1 atom stereocenters. The number of rotatable bonds is 8. The number of carbonyl (C=O) groups is 3. The smallest absolute Gasteiger partial charge is 0.349 e. The van der Waals surface area contributed by atoms with Gasteiger partial charge >= 0.3 is 11.9 Å². The van der Waals surface area contributed by atoms with Crippen molar-refractivity contribution in [2.75, 3.05) is 6.61 Å². The average Bonchev–Trinajstić information content (AvgIpc) is 2.51. The van der Waals surface area contributed by atoms with Gasteiger partial charge in [-0.3, -0.25) is 9.59 Å². The quantitative estimate of drug-likeness (QED) is 0.520. The molecule has 1 amide bonds. The molecule has 4 N–H and O–H groups in total. The molecular weight excluding hydrogens is 360 g/mol. The minimum Gasteiger partial charge on any atom is -0.452 e. The second-order valence-corrected chi connectivity index (χ2v) is 6.43. The van der Waals surface area contributed by atoms with Crippen LogP contribution in [0.15, 0.2) is 18.2 Å². The number of hydrogen-bond acceptors (Lipinski definition) is 6. The molecule has 0 saturated heterocycles. The fourth-order valence-electron chi connectivity index (χ4n) is 2.28. The van der Waals surface area contributed by atoms with Crippen molar-refractivity contribution in [1.29, 1.82) is 0 Å². The van der Waals surface area contributed by atoms with Gasteiger partial charge in [0.1, 0.15) is 11.8 Å². The zero-order valence-corrected chi connectivity index (χ0v) is 16.3. The molecule has 1 aromatic rings. The van der Waals surface area contributed by atoms with Crippen molar-refractivity contribution in [2.24, 2.45) is 11.5 Å². The Hall–Kier alpha value is -2.12. The molecule has 0 aliphatic rings. The highest BCUT2D eigenvalue weighted by Crippen LogP contribution is 2.34. The van der Waals surface area contributed by atoms with E-state index >= 15 is 0 Å². The van der Waals surface area contributed by atoms with Crippen molar-refractivity contribution < 1.29 is 23.9 Å². The van der Waals surface area contributed by atoms with Gasteiger partial charge in [-0.25, -0.2) is 4.79 Å². The van der Waals surface area contributed by atoms with Crippen molar-refractivity contribution >= 4 is 30.3 Å². The lowest BCUT2D eigenvalue weighted by atomic mass is 9.94. The van der Waals surface area contributed by atoms with Crippen LogP contribution >= 0.6 is 12.4 Å². The summed E-state index contributed by atoms with van der Waals surface area (Å²) in [6, 6.07) is 4.52. The van der Waals surface area contributed by atoms with E-state index in [1.165, 1.54) is 0 Å². The normalized spacial score (nSPS) is 11.7. The minimum atomic E-state index is -1.19. The van der Waals surface area contributed by atoms with Gasteiger partial charge in [0.2, 0.25) is 5.91 Å². The number of amides is 1. The zero-order valence-electron chi connectivity index (χ0n) is 15.5. The average molecular weight is 387 g/mol. The van der Waals surface area contributed by atoms with Crippen LogP contribution in [0.1, 0.15) is 57.1 Å². The van der Waals surface area contributed by atoms with Gasteiger partial charge in [-0.05, 0) is 23.0 Å². The molecular formula is C18H27ClN2O5. The number of hydrogen-bond donors (Lipinski definition) is 2. The van der Waals surface area contributed by atoms with E-state index in [4.69, 9.17) is 20.9 Å². The Morgan fingerprint density at radius 3 is 1.96 bits per heavy atom. The zero-order chi connectivity index (χ0) is 19.1. The van der Waals surface area contributed by atoms with E-state index in [2.05, 4.69) is 0 Å². The molecule has 8 heteroatoms. The van der Waals surface area contributed by atoms with Crippen LogP contribution in [-0.4, -0.2) is 30.5 Å². The van der Waals surface area contributed by atoms with E-state index in [-0.39, 0.29) is 30.7 Å². The lowest BCUT2D eigenvalue weighted by molar-refractivity contribution is -0.155. The van der Waals surface area contributed by atoms with Gasteiger partial charge in [-0.15, -0.1) is 12.4 Å². The first-order chi connectivity index (χ1) is 11.6. The summed E-state index contributed by atoms with van der Waals surface area (Å²) < 4.78 is 10.3. The lowest BCUT2D eigenvalue weighted by Gasteiger charge is -2.19. The largest absolute Gasteiger partial charge is 0.452 e. The van der Waals surface area contributed by atoms with Crippen molar-refractivity contribution in [3.8, 4) is 5.75 Å². The number of para-hydroxylation sites is 1. The van der Waals surface area contributed by atoms with Crippen LogP contribution in [-0.2, 0) is 19.1 Å². The fraction of sp³-hybridized carbons (Fsp3) is 0.500. The number of benzene rings is 1. The Balaban J connectivity index is 0.00000625. The Morgan fingerprint density at radius 2 is 1.54 bits per heavy atom. The summed E-state index contributed by atoms with van der Waals surface area (Å²) in [4.78, 5) is 34.4. The molecule has 0 aliphatic heterocycles. The molecule has 0 aromatic heterocycles. The van der Waals surface area contributed by atoms with Crippen LogP contribution in [0.2, 0.25) is 0 Å². The maximum absolute atomic E-state index is 12.1. The predicted octanol–water partition coefficient (Wildman–Crippen LogP) is 2.01. The maximum atomic E-state index is 12.1. The molecule has 0 bridgehead atoms. The van der Waals surface area contributed by atoms with E-state index in [0.717, 1.165) is 11.1 Å². The molecule has 0 radical (unpaired) electrons. The highest BCUT2D eigenvalue weighted by molar-refractivity contribution is 5.86. The fourth-order valence-corrected chi connectivity index (χ4v) is 2.28. The Kier molecular flexibility index (Phi) is 9.90. The minimum absolute atomic E-state index is 0.